The Morgan fingerprint density at radius 3 is 2.47 bits per heavy atom. The van der Waals surface area contributed by atoms with Crippen molar-refractivity contribution in [2.45, 2.75) is 32.4 Å². The molecule has 2 heterocycles. The average molecular weight is 438 g/mol. The van der Waals surface area contributed by atoms with Gasteiger partial charge in [0.1, 0.15) is 0 Å². The van der Waals surface area contributed by atoms with Crippen LogP contribution in [0.2, 0.25) is 0 Å². The van der Waals surface area contributed by atoms with Gasteiger partial charge >= 0.3 is 5.97 Å². The van der Waals surface area contributed by atoms with Gasteiger partial charge in [0.25, 0.3) is 5.91 Å². The predicted octanol–water partition coefficient (Wildman–Crippen LogP) is 0.748. The lowest BCUT2D eigenvalue weighted by molar-refractivity contribution is -0.137. The van der Waals surface area contributed by atoms with Gasteiger partial charge < -0.3 is 27.2 Å². The lowest BCUT2D eigenvalue weighted by Crippen LogP contribution is -2.40. The lowest BCUT2D eigenvalue weighted by atomic mass is 10.1. The predicted molar refractivity (Wildman–Crippen MR) is 117 cm³/mol. The third kappa shape index (κ3) is 5.62. The minimum atomic E-state index is -1.03. The number of aromatic nitrogens is 4. The number of amides is 1. The Morgan fingerprint density at radius 2 is 1.81 bits per heavy atom. The number of Topliss-reactive ketones (excluding diaryl/α,β-unsaturated/α-hetero) is 1. The number of carboxylic acids is 1. The highest BCUT2D eigenvalue weighted by Gasteiger charge is 2.19. The zero-order chi connectivity index (χ0) is 23.3. The standard InChI is InChI=1S/C20H22N8O4/c1-10(29)14(6-7-15(30)31)26-19(32)11-2-4-12(5-3-11)23-8-13-9-24-18-16(25-13)17(21)27-20(22)28-18/h2-5,9,14,23H,6-8H2,1H3,(H,26,32)(H,30,31)(H4,21,22,24,27,28). The molecule has 0 fully saturated rings. The van der Waals surface area contributed by atoms with E-state index in [1.807, 2.05) is 0 Å². The van der Waals surface area contributed by atoms with Crippen LogP contribution in [0.15, 0.2) is 30.5 Å². The summed E-state index contributed by atoms with van der Waals surface area (Å²) in [5, 5.41) is 14.5. The van der Waals surface area contributed by atoms with Crippen molar-refractivity contribution in [3.8, 4) is 0 Å². The van der Waals surface area contributed by atoms with Crippen molar-refractivity contribution >= 4 is 46.3 Å². The summed E-state index contributed by atoms with van der Waals surface area (Å²) in [6.45, 7) is 1.64. The number of rotatable bonds is 9. The number of carbonyl (C=O) groups is 3. The lowest BCUT2D eigenvalue weighted by Gasteiger charge is -2.15. The molecule has 3 aromatic rings. The molecule has 7 N–H and O–H groups in total. The Hall–Kier alpha value is -4.35. The fraction of sp³-hybridized carbons (Fsp3) is 0.250. The molecule has 0 bridgehead atoms. The smallest absolute Gasteiger partial charge is 0.303 e. The van der Waals surface area contributed by atoms with Crippen LogP contribution in [0.1, 0.15) is 35.8 Å². The number of aliphatic carboxylic acids is 1. The van der Waals surface area contributed by atoms with Crippen LogP contribution >= 0.6 is 0 Å². The molecule has 0 aliphatic rings. The zero-order valence-corrected chi connectivity index (χ0v) is 17.2. The second-order valence-corrected chi connectivity index (χ2v) is 7.00. The van der Waals surface area contributed by atoms with Crippen molar-refractivity contribution < 1.29 is 19.5 Å². The minimum Gasteiger partial charge on any atom is -0.481 e. The summed E-state index contributed by atoms with van der Waals surface area (Å²) in [4.78, 5) is 51.2. The van der Waals surface area contributed by atoms with Gasteiger partial charge in [0.05, 0.1) is 24.5 Å². The van der Waals surface area contributed by atoms with E-state index in [2.05, 4.69) is 30.6 Å². The number of anilines is 3. The quantitative estimate of drug-likeness (QED) is 0.316. The highest BCUT2D eigenvalue weighted by molar-refractivity contribution is 5.97. The van der Waals surface area contributed by atoms with Crippen molar-refractivity contribution in [3.63, 3.8) is 0 Å². The minimum absolute atomic E-state index is 0.0239. The van der Waals surface area contributed by atoms with E-state index < -0.39 is 17.9 Å². The van der Waals surface area contributed by atoms with Crippen molar-refractivity contribution in [2.24, 2.45) is 0 Å². The first kappa shape index (κ1) is 22.3. The van der Waals surface area contributed by atoms with E-state index in [0.717, 1.165) is 5.69 Å². The first-order valence-electron chi connectivity index (χ1n) is 9.64. The maximum absolute atomic E-state index is 12.4. The van der Waals surface area contributed by atoms with Gasteiger partial charge in [-0.1, -0.05) is 0 Å². The first-order chi connectivity index (χ1) is 15.2. The Morgan fingerprint density at radius 1 is 1.09 bits per heavy atom. The largest absolute Gasteiger partial charge is 0.481 e. The van der Waals surface area contributed by atoms with Crippen LogP contribution in [-0.2, 0) is 16.1 Å². The van der Waals surface area contributed by atoms with Gasteiger partial charge in [0.2, 0.25) is 5.95 Å². The molecule has 0 saturated carbocycles. The number of fused-ring (bicyclic) bond motifs is 1. The van der Waals surface area contributed by atoms with Gasteiger partial charge in [-0.05, 0) is 37.6 Å². The Bertz CT molecular complexity index is 1170. The number of ketones is 1. The molecule has 12 heteroatoms. The van der Waals surface area contributed by atoms with Crippen LogP contribution in [0.25, 0.3) is 11.2 Å². The fourth-order valence-electron chi connectivity index (χ4n) is 2.89. The molecule has 0 aliphatic heterocycles. The summed E-state index contributed by atoms with van der Waals surface area (Å²) >= 11 is 0. The number of hydrogen-bond acceptors (Lipinski definition) is 10. The number of benzene rings is 1. The molecule has 1 amide bonds. The molecule has 12 nitrogen and oxygen atoms in total. The summed E-state index contributed by atoms with van der Waals surface area (Å²) in [5.41, 5.74) is 13.7. The third-order valence-electron chi connectivity index (χ3n) is 4.56. The number of nitrogen functional groups attached to an aromatic ring is 2. The van der Waals surface area contributed by atoms with Gasteiger partial charge in [0.15, 0.2) is 22.8 Å². The van der Waals surface area contributed by atoms with Gasteiger partial charge in [-0.3, -0.25) is 14.4 Å². The molecule has 1 atom stereocenters. The molecule has 0 saturated heterocycles. The molecule has 0 spiro atoms. The molecule has 1 aromatic carbocycles. The molecular weight excluding hydrogens is 416 g/mol. The Balaban J connectivity index is 1.62. The second-order valence-electron chi connectivity index (χ2n) is 7.00. The summed E-state index contributed by atoms with van der Waals surface area (Å²) in [7, 11) is 0. The van der Waals surface area contributed by atoms with Crippen LogP contribution in [0, 0.1) is 0 Å². The number of nitrogens with two attached hydrogens (primary N) is 2. The summed E-state index contributed by atoms with van der Waals surface area (Å²) in [6.07, 6.45) is 1.36. The van der Waals surface area contributed by atoms with Crippen LogP contribution in [0.4, 0.5) is 17.5 Å². The van der Waals surface area contributed by atoms with E-state index in [1.54, 1.807) is 30.5 Å². The Labute approximate surface area is 182 Å². The van der Waals surface area contributed by atoms with Crippen LogP contribution < -0.4 is 22.1 Å². The third-order valence-corrected chi connectivity index (χ3v) is 4.56. The Kier molecular flexibility index (Phi) is 6.73. The molecule has 166 valence electrons. The fourth-order valence-corrected chi connectivity index (χ4v) is 2.89. The summed E-state index contributed by atoms with van der Waals surface area (Å²) in [6, 6.07) is 5.72. The van der Waals surface area contributed by atoms with Crippen molar-refractivity contribution in [1.82, 2.24) is 25.3 Å². The van der Waals surface area contributed by atoms with E-state index in [-0.39, 0.29) is 30.4 Å². The molecule has 1 unspecified atom stereocenters. The highest BCUT2D eigenvalue weighted by atomic mass is 16.4. The molecular formula is C20H22N8O4. The van der Waals surface area contributed by atoms with Gasteiger partial charge in [-0.15, -0.1) is 0 Å². The van der Waals surface area contributed by atoms with Crippen LogP contribution in [-0.4, -0.2) is 48.7 Å². The normalized spacial score (nSPS) is 11.7. The van der Waals surface area contributed by atoms with Gasteiger partial charge in [0, 0.05) is 17.7 Å². The summed E-state index contributed by atoms with van der Waals surface area (Å²) in [5.74, 6) is -1.63. The number of carbonyl (C=O) groups excluding carboxylic acids is 2. The van der Waals surface area contributed by atoms with E-state index in [0.29, 0.717) is 29.0 Å². The highest BCUT2D eigenvalue weighted by Crippen LogP contribution is 2.16. The maximum Gasteiger partial charge on any atom is 0.303 e. The van der Waals surface area contributed by atoms with E-state index in [4.69, 9.17) is 16.6 Å². The molecule has 0 aliphatic carbocycles. The molecule has 32 heavy (non-hydrogen) atoms. The zero-order valence-electron chi connectivity index (χ0n) is 17.2. The first-order valence-corrected chi connectivity index (χ1v) is 9.64. The number of nitrogens with one attached hydrogen (secondary N) is 2. The van der Waals surface area contributed by atoms with E-state index >= 15 is 0 Å². The van der Waals surface area contributed by atoms with Crippen molar-refractivity contribution in [1.29, 1.82) is 0 Å². The van der Waals surface area contributed by atoms with Gasteiger partial charge in [-0.2, -0.15) is 9.97 Å². The van der Waals surface area contributed by atoms with E-state index in [1.165, 1.54) is 6.92 Å². The topological polar surface area (TPSA) is 199 Å². The van der Waals surface area contributed by atoms with Crippen molar-refractivity contribution in [2.75, 3.05) is 16.8 Å². The maximum atomic E-state index is 12.4. The molecule has 2 aromatic heterocycles. The molecule has 3 rings (SSSR count). The van der Waals surface area contributed by atoms with Gasteiger partial charge in [-0.25, -0.2) is 9.97 Å². The van der Waals surface area contributed by atoms with Crippen LogP contribution in [0.5, 0.6) is 0 Å². The number of nitrogens with zero attached hydrogens (tertiary/aromatic N) is 4. The average Bonchev–Trinajstić information content (AvgIpc) is 2.75. The molecule has 0 radical (unpaired) electrons. The number of hydrogen-bond donors (Lipinski definition) is 5. The number of carboxylic acid groups (broad SMARTS) is 1. The van der Waals surface area contributed by atoms with E-state index in [9.17, 15) is 14.4 Å². The van der Waals surface area contributed by atoms with Crippen LogP contribution in [0.3, 0.4) is 0 Å². The SMILES string of the molecule is CC(=O)C(CCC(=O)O)NC(=O)c1ccc(NCc2cnc3nc(N)nc(N)c3n2)cc1. The van der Waals surface area contributed by atoms with Crippen molar-refractivity contribution in [3.05, 3.63) is 41.7 Å². The monoisotopic (exact) mass is 438 g/mol. The second kappa shape index (κ2) is 9.64. The summed E-state index contributed by atoms with van der Waals surface area (Å²) < 4.78 is 0.